The number of ether oxygens (including phenoxy) is 1. The largest absolute Gasteiger partial charge is 0.529 e. The first-order valence-corrected chi connectivity index (χ1v) is 12.6. The zero-order chi connectivity index (χ0) is 27.3. The van der Waals surface area contributed by atoms with Crippen molar-refractivity contribution in [1.29, 1.82) is 0 Å². The number of aromatic amines is 1. The standard InChI is InChI=1S/C19H31N6O10P/c1-6-7-25(32-5)15(11(2)3)17(27)35-36(30,31)33-10-13-19(29,22-23-20)8-14(34-13)24-9-12(4)16(26)21-18(24)28/h9,11,13-15,29H,6-8,10H2,1-5H3,(H,30,31)(H,21,26,28)/t13-,14-,15+,19+/m1/s1. The van der Waals surface area contributed by atoms with Crippen molar-refractivity contribution in [3.8, 4) is 0 Å². The summed E-state index contributed by atoms with van der Waals surface area (Å²) in [6.07, 6.45) is -1.37. The van der Waals surface area contributed by atoms with E-state index in [4.69, 9.17) is 24.2 Å². The van der Waals surface area contributed by atoms with Crippen LogP contribution in [0, 0.1) is 12.8 Å². The van der Waals surface area contributed by atoms with Crippen LogP contribution in [0.25, 0.3) is 10.4 Å². The van der Waals surface area contributed by atoms with Crippen LogP contribution in [0.5, 0.6) is 0 Å². The Hall–Kier alpha value is -2.55. The Morgan fingerprint density at radius 3 is 2.72 bits per heavy atom. The molecule has 0 saturated carbocycles. The highest BCUT2D eigenvalue weighted by atomic mass is 31.2. The molecule has 1 aromatic heterocycles. The van der Waals surface area contributed by atoms with Gasteiger partial charge in [-0.2, -0.15) is 5.06 Å². The molecule has 202 valence electrons. The minimum absolute atomic E-state index is 0.171. The zero-order valence-corrected chi connectivity index (χ0v) is 21.5. The average molecular weight is 534 g/mol. The van der Waals surface area contributed by atoms with Gasteiger partial charge in [0.2, 0.25) is 0 Å². The number of aryl methyl sites for hydroxylation is 1. The van der Waals surface area contributed by atoms with E-state index in [2.05, 4.69) is 15.0 Å². The fourth-order valence-electron chi connectivity index (χ4n) is 3.70. The Morgan fingerprint density at radius 2 is 2.17 bits per heavy atom. The first-order chi connectivity index (χ1) is 16.8. The van der Waals surface area contributed by atoms with E-state index in [0.29, 0.717) is 13.0 Å². The van der Waals surface area contributed by atoms with Crippen LogP contribution in [-0.2, 0) is 28.0 Å². The van der Waals surface area contributed by atoms with Crippen LogP contribution in [-0.4, -0.2) is 68.7 Å². The van der Waals surface area contributed by atoms with Crippen molar-refractivity contribution in [1.82, 2.24) is 14.6 Å². The smallest absolute Gasteiger partial charge is 0.381 e. The summed E-state index contributed by atoms with van der Waals surface area (Å²) in [5.74, 6) is -1.42. The number of azide groups is 1. The first-order valence-electron chi connectivity index (χ1n) is 11.1. The molecular weight excluding hydrogens is 503 g/mol. The molecule has 36 heavy (non-hydrogen) atoms. The second-order valence-corrected chi connectivity index (χ2v) is 9.89. The molecule has 0 radical (unpaired) electrons. The topological polar surface area (TPSA) is 218 Å². The Kier molecular flexibility index (Phi) is 10.00. The molecule has 1 fully saturated rings. The maximum absolute atomic E-state index is 12.7. The summed E-state index contributed by atoms with van der Waals surface area (Å²) >= 11 is 0. The van der Waals surface area contributed by atoms with E-state index in [9.17, 15) is 28.9 Å². The summed E-state index contributed by atoms with van der Waals surface area (Å²) in [6, 6.07) is -1.01. The molecule has 0 amide bonds. The quantitative estimate of drug-likeness (QED) is 0.113. The number of phosphoric ester groups is 1. The number of nitrogens with zero attached hydrogens (tertiary/aromatic N) is 5. The van der Waals surface area contributed by atoms with Gasteiger partial charge in [-0.3, -0.25) is 23.8 Å². The summed E-state index contributed by atoms with van der Waals surface area (Å²) in [4.78, 5) is 56.5. The second kappa shape index (κ2) is 12.1. The maximum Gasteiger partial charge on any atom is 0.529 e. The predicted molar refractivity (Wildman–Crippen MR) is 123 cm³/mol. The molecule has 0 aliphatic carbocycles. The molecule has 0 bridgehead atoms. The van der Waals surface area contributed by atoms with Gasteiger partial charge in [0, 0.05) is 29.6 Å². The third-order valence-electron chi connectivity index (χ3n) is 5.44. The number of hydroxylamine groups is 2. The second-order valence-electron chi connectivity index (χ2n) is 8.52. The van der Waals surface area contributed by atoms with Crippen molar-refractivity contribution in [3.05, 3.63) is 43.0 Å². The lowest BCUT2D eigenvalue weighted by Crippen LogP contribution is -2.45. The minimum atomic E-state index is -5.03. The molecule has 2 heterocycles. The minimum Gasteiger partial charge on any atom is -0.381 e. The molecule has 1 aliphatic rings. The van der Waals surface area contributed by atoms with Crippen molar-refractivity contribution in [2.45, 2.75) is 64.6 Å². The van der Waals surface area contributed by atoms with Crippen molar-refractivity contribution in [3.63, 3.8) is 0 Å². The Morgan fingerprint density at radius 1 is 1.50 bits per heavy atom. The van der Waals surface area contributed by atoms with E-state index in [1.165, 1.54) is 25.3 Å². The SMILES string of the molecule is CCCN(OC)[C@H](C(=O)OP(=O)(O)OC[C@H]1O[C@@H](n2cc(C)c(=O)[nH]c2=O)C[C@@]1(O)N=[N+]=[N-])C(C)C. The summed E-state index contributed by atoms with van der Waals surface area (Å²) < 4.78 is 28.7. The highest BCUT2D eigenvalue weighted by Gasteiger charge is 2.49. The number of H-pyrrole nitrogens is 1. The molecular formula is C19H31N6O10P. The van der Waals surface area contributed by atoms with E-state index in [0.717, 1.165) is 4.57 Å². The van der Waals surface area contributed by atoms with Crippen LogP contribution in [0.2, 0.25) is 0 Å². The fourth-order valence-corrected chi connectivity index (χ4v) is 4.41. The van der Waals surface area contributed by atoms with Crippen molar-refractivity contribution in [2.24, 2.45) is 11.0 Å². The predicted octanol–water partition coefficient (Wildman–Crippen LogP) is 1.09. The molecule has 3 N–H and O–H groups in total. The molecule has 1 saturated heterocycles. The van der Waals surface area contributed by atoms with E-state index in [1.807, 2.05) is 6.92 Å². The summed E-state index contributed by atoms with van der Waals surface area (Å²) in [5, 5.41) is 15.4. The Bertz CT molecular complexity index is 1150. The van der Waals surface area contributed by atoms with E-state index >= 15 is 0 Å². The van der Waals surface area contributed by atoms with Gasteiger partial charge in [0.25, 0.3) is 5.56 Å². The molecule has 1 aliphatic heterocycles. The van der Waals surface area contributed by atoms with Crippen LogP contribution in [0.15, 0.2) is 20.9 Å². The summed E-state index contributed by atoms with van der Waals surface area (Å²) in [6.45, 7) is 6.20. The number of aliphatic hydroxyl groups is 1. The highest BCUT2D eigenvalue weighted by Crippen LogP contribution is 2.46. The number of hydrogen-bond acceptors (Lipinski definition) is 11. The summed E-state index contributed by atoms with van der Waals surface area (Å²) in [7, 11) is -3.67. The van der Waals surface area contributed by atoms with Gasteiger partial charge in [-0.05, 0) is 24.8 Å². The van der Waals surface area contributed by atoms with Crippen LogP contribution >= 0.6 is 7.82 Å². The van der Waals surface area contributed by atoms with Gasteiger partial charge in [-0.25, -0.2) is 14.2 Å². The van der Waals surface area contributed by atoms with Crippen molar-refractivity contribution in [2.75, 3.05) is 20.3 Å². The van der Waals surface area contributed by atoms with Gasteiger partial charge >= 0.3 is 19.5 Å². The molecule has 17 heteroatoms. The van der Waals surface area contributed by atoms with Gasteiger partial charge < -0.3 is 19.2 Å². The molecule has 0 spiro atoms. The third-order valence-corrected chi connectivity index (χ3v) is 6.33. The van der Waals surface area contributed by atoms with Gasteiger partial charge in [-0.1, -0.05) is 25.9 Å². The number of rotatable bonds is 12. The Balaban J connectivity index is 2.19. The number of nitrogens with one attached hydrogen (secondary N) is 1. The molecule has 16 nitrogen and oxygen atoms in total. The van der Waals surface area contributed by atoms with Gasteiger partial charge in [0.1, 0.15) is 18.4 Å². The van der Waals surface area contributed by atoms with E-state index < -0.39 is 62.2 Å². The number of phosphoric acid groups is 1. The van der Waals surface area contributed by atoms with Crippen LogP contribution in [0.3, 0.4) is 0 Å². The average Bonchev–Trinajstić information content (AvgIpc) is 3.10. The number of hydrogen-bond donors (Lipinski definition) is 3. The maximum atomic E-state index is 12.7. The lowest BCUT2D eigenvalue weighted by atomic mass is 10.0. The van der Waals surface area contributed by atoms with Crippen LogP contribution < -0.4 is 11.2 Å². The molecule has 0 aromatic carbocycles. The van der Waals surface area contributed by atoms with Crippen molar-refractivity contribution < 1.29 is 38.0 Å². The van der Waals surface area contributed by atoms with Gasteiger partial charge in [0.05, 0.1) is 13.7 Å². The van der Waals surface area contributed by atoms with Crippen LogP contribution in [0.4, 0.5) is 0 Å². The lowest BCUT2D eigenvalue weighted by Gasteiger charge is -2.30. The molecule has 5 atom stereocenters. The van der Waals surface area contributed by atoms with Crippen molar-refractivity contribution >= 4 is 13.8 Å². The molecule has 1 aromatic rings. The Labute approximate surface area is 205 Å². The fraction of sp³-hybridized carbons (Fsp3) is 0.737. The van der Waals surface area contributed by atoms with Gasteiger partial charge in [-0.15, -0.1) is 0 Å². The number of carbonyl (C=O) groups is 1. The molecule has 1 unspecified atom stereocenters. The molecule has 2 rings (SSSR count). The van der Waals surface area contributed by atoms with E-state index in [1.54, 1.807) is 13.8 Å². The number of carbonyl (C=O) groups excluding carboxylic acids is 1. The normalized spacial score (nSPS) is 24.4. The third kappa shape index (κ3) is 7.02. The number of aromatic nitrogens is 2. The van der Waals surface area contributed by atoms with E-state index in [-0.39, 0.29) is 11.5 Å². The first kappa shape index (κ1) is 29.7. The lowest BCUT2D eigenvalue weighted by molar-refractivity contribution is -0.190. The van der Waals surface area contributed by atoms with Crippen LogP contribution in [0.1, 0.15) is 45.4 Å². The summed E-state index contributed by atoms with van der Waals surface area (Å²) in [5.41, 5.74) is 5.29. The van der Waals surface area contributed by atoms with Gasteiger partial charge in [0.15, 0.2) is 5.72 Å². The zero-order valence-electron chi connectivity index (χ0n) is 20.6. The monoisotopic (exact) mass is 534 g/mol. The highest BCUT2D eigenvalue weighted by molar-refractivity contribution is 7.48.